The number of amides is 1. The van der Waals surface area contributed by atoms with E-state index in [-0.39, 0.29) is 5.91 Å². The summed E-state index contributed by atoms with van der Waals surface area (Å²) in [5.41, 5.74) is 12.3. The maximum atomic E-state index is 13.0. The molecule has 4 nitrogen and oxygen atoms in total. The number of benzene rings is 5. The number of hydrogen-bond acceptors (Lipinski definition) is 2. The molecule has 1 N–H and O–H groups in total. The molecule has 194 valence electrons. The molecular formula is C36H29N3O. The summed E-state index contributed by atoms with van der Waals surface area (Å²) in [6.07, 6.45) is 4.27. The van der Waals surface area contributed by atoms with Gasteiger partial charge in [0.15, 0.2) is 0 Å². The molecule has 6 aromatic rings. The average molecular weight is 520 g/mol. The molecule has 0 fully saturated rings. The molecule has 5 aromatic carbocycles. The summed E-state index contributed by atoms with van der Waals surface area (Å²) in [4.78, 5) is 13.0. The first-order valence-corrected chi connectivity index (χ1v) is 13.9. The van der Waals surface area contributed by atoms with E-state index in [1.807, 2.05) is 12.1 Å². The Bertz CT molecular complexity index is 1870. The van der Waals surface area contributed by atoms with Gasteiger partial charge in [-0.15, -0.1) is 0 Å². The lowest BCUT2D eigenvalue weighted by Gasteiger charge is -2.13. The molecule has 0 radical (unpaired) electrons. The van der Waals surface area contributed by atoms with Crippen molar-refractivity contribution in [2.75, 3.05) is 0 Å². The molecule has 1 heterocycles. The van der Waals surface area contributed by atoms with Crippen LogP contribution in [0.15, 0.2) is 120 Å². The Morgan fingerprint density at radius 3 is 2.20 bits per heavy atom. The fourth-order valence-corrected chi connectivity index (χ4v) is 6.15. The summed E-state index contributed by atoms with van der Waals surface area (Å²) in [6.45, 7) is 0.542. The number of nitrogens with zero attached hydrogens (tertiary/aromatic N) is 2. The van der Waals surface area contributed by atoms with Crippen LogP contribution >= 0.6 is 0 Å². The van der Waals surface area contributed by atoms with E-state index in [1.54, 1.807) is 6.21 Å². The number of fused-ring (bicyclic) bond motifs is 1. The van der Waals surface area contributed by atoms with Gasteiger partial charge in [0.1, 0.15) is 0 Å². The maximum absolute atomic E-state index is 13.0. The molecule has 1 aromatic heterocycles. The van der Waals surface area contributed by atoms with Gasteiger partial charge in [-0.2, -0.15) is 5.10 Å². The van der Waals surface area contributed by atoms with Crippen molar-refractivity contribution in [3.05, 3.63) is 132 Å². The predicted molar refractivity (Wildman–Crippen MR) is 165 cm³/mol. The van der Waals surface area contributed by atoms with Crippen molar-refractivity contribution < 1.29 is 4.79 Å². The van der Waals surface area contributed by atoms with Crippen LogP contribution in [0.3, 0.4) is 0 Å². The quantitative estimate of drug-likeness (QED) is 0.170. The summed E-state index contributed by atoms with van der Waals surface area (Å²) >= 11 is 0. The van der Waals surface area contributed by atoms with E-state index in [2.05, 4.69) is 118 Å². The summed E-state index contributed by atoms with van der Waals surface area (Å²) in [7, 11) is 0. The Hall–Kier alpha value is -4.96. The van der Waals surface area contributed by atoms with Crippen LogP contribution in [0.4, 0.5) is 0 Å². The summed E-state index contributed by atoms with van der Waals surface area (Å²) in [5.74, 6) is -0.111. The van der Waals surface area contributed by atoms with Crippen LogP contribution in [0.2, 0.25) is 0 Å². The first-order valence-electron chi connectivity index (χ1n) is 13.9. The number of carbonyl (C=O) groups is 1. The van der Waals surface area contributed by atoms with Gasteiger partial charge in [-0.1, -0.05) is 109 Å². The number of nitrogens with one attached hydrogen (secondary N) is 1. The minimum Gasteiger partial charge on any atom is -0.339 e. The topological polar surface area (TPSA) is 46.4 Å². The second-order valence-electron chi connectivity index (χ2n) is 10.3. The summed E-state index contributed by atoms with van der Waals surface area (Å²) in [5, 5.41) is 8.07. The zero-order valence-corrected chi connectivity index (χ0v) is 22.2. The van der Waals surface area contributed by atoms with E-state index in [9.17, 15) is 4.79 Å². The minimum atomic E-state index is -0.111. The van der Waals surface area contributed by atoms with Crippen molar-refractivity contribution in [2.24, 2.45) is 5.10 Å². The fourth-order valence-electron chi connectivity index (χ4n) is 6.15. The third-order valence-corrected chi connectivity index (χ3v) is 7.95. The molecule has 0 unspecified atom stereocenters. The third kappa shape index (κ3) is 4.28. The molecule has 1 amide bonds. The zero-order chi connectivity index (χ0) is 26.9. The van der Waals surface area contributed by atoms with Crippen molar-refractivity contribution in [1.29, 1.82) is 0 Å². The number of hydrazone groups is 1. The summed E-state index contributed by atoms with van der Waals surface area (Å²) < 4.78 is 2.28. The number of aryl methyl sites for hydroxylation is 3. The lowest BCUT2D eigenvalue weighted by molar-refractivity contribution is -0.121. The van der Waals surface area contributed by atoms with Crippen molar-refractivity contribution in [3.63, 3.8) is 0 Å². The minimum absolute atomic E-state index is 0.111. The van der Waals surface area contributed by atoms with Gasteiger partial charge in [0.2, 0.25) is 5.91 Å². The molecule has 0 saturated heterocycles. The summed E-state index contributed by atoms with van der Waals surface area (Å²) in [6, 6.07) is 40.1. The molecule has 0 bridgehead atoms. The van der Waals surface area contributed by atoms with Gasteiger partial charge in [0, 0.05) is 35.0 Å². The Balaban J connectivity index is 1.18. The number of rotatable bonds is 7. The highest BCUT2D eigenvalue weighted by Crippen LogP contribution is 2.41. The van der Waals surface area contributed by atoms with Crippen molar-refractivity contribution >= 4 is 33.8 Å². The van der Waals surface area contributed by atoms with Crippen LogP contribution in [0.5, 0.6) is 0 Å². The molecule has 0 spiro atoms. The molecule has 0 atom stereocenters. The first-order chi connectivity index (χ1) is 19.8. The molecule has 1 aliphatic rings. The number of carbonyl (C=O) groups excluding carboxylic acids is 1. The third-order valence-electron chi connectivity index (χ3n) is 7.95. The molecule has 0 aliphatic heterocycles. The lowest BCUT2D eigenvalue weighted by Crippen LogP contribution is -2.19. The zero-order valence-electron chi connectivity index (χ0n) is 22.2. The van der Waals surface area contributed by atoms with Crippen LogP contribution in [0, 0.1) is 0 Å². The highest BCUT2D eigenvalue weighted by molar-refractivity contribution is 6.05. The Morgan fingerprint density at radius 1 is 0.725 bits per heavy atom. The highest BCUT2D eigenvalue weighted by atomic mass is 16.2. The number of aromatic nitrogens is 1. The van der Waals surface area contributed by atoms with E-state index in [1.165, 1.54) is 32.8 Å². The Labute approximate surface area is 233 Å². The number of hydrogen-bond donors (Lipinski definition) is 1. The number of para-hydroxylation sites is 1. The average Bonchev–Trinajstić information content (AvgIpc) is 3.58. The SMILES string of the molecule is O=C(CCn1c(-c2ccccc2)c(-c2ccccc2)c2ccccc21)NN=Cc1ccc2c3c(cccc13)CC2. The van der Waals surface area contributed by atoms with Gasteiger partial charge in [0.05, 0.1) is 11.9 Å². The van der Waals surface area contributed by atoms with E-state index < -0.39 is 0 Å². The van der Waals surface area contributed by atoms with Crippen LogP contribution in [0.1, 0.15) is 23.1 Å². The Kier molecular flexibility index (Phi) is 6.21. The maximum Gasteiger partial charge on any atom is 0.241 e. The molecule has 0 saturated carbocycles. The predicted octanol–water partition coefficient (Wildman–Crippen LogP) is 7.77. The van der Waals surface area contributed by atoms with Crippen molar-refractivity contribution in [3.8, 4) is 22.4 Å². The molecule has 1 aliphatic carbocycles. The van der Waals surface area contributed by atoms with E-state index in [4.69, 9.17) is 0 Å². The van der Waals surface area contributed by atoms with E-state index in [0.717, 1.165) is 40.7 Å². The lowest BCUT2D eigenvalue weighted by atomic mass is 9.98. The van der Waals surface area contributed by atoms with Gasteiger partial charge in [-0.25, -0.2) is 5.43 Å². The van der Waals surface area contributed by atoms with Gasteiger partial charge < -0.3 is 4.57 Å². The second kappa shape index (κ2) is 10.3. The van der Waals surface area contributed by atoms with Gasteiger partial charge in [-0.3, -0.25) is 4.79 Å². The molecule has 4 heteroatoms. The molecular weight excluding hydrogens is 490 g/mol. The van der Waals surface area contributed by atoms with Crippen LogP contribution in [0.25, 0.3) is 44.1 Å². The van der Waals surface area contributed by atoms with Crippen LogP contribution < -0.4 is 5.43 Å². The van der Waals surface area contributed by atoms with Gasteiger partial charge in [-0.05, 0) is 51.9 Å². The van der Waals surface area contributed by atoms with Crippen molar-refractivity contribution in [2.45, 2.75) is 25.8 Å². The first kappa shape index (κ1) is 24.1. The highest BCUT2D eigenvalue weighted by Gasteiger charge is 2.20. The van der Waals surface area contributed by atoms with E-state index in [0.29, 0.717) is 13.0 Å². The largest absolute Gasteiger partial charge is 0.339 e. The van der Waals surface area contributed by atoms with Crippen LogP contribution in [-0.4, -0.2) is 16.7 Å². The molecule has 40 heavy (non-hydrogen) atoms. The van der Waals surface area contributed by atoms with Crippen molar-refractivity contribution in [1.82, 2.24) is 9.99 Å². The van der Waals surface area contributed by atoms with Gasteiger partial charge >= 0.3 is 0 Å². The standard InChI is InChI=1S/C36H29N3O/c40-33(38-37-24-29-21-20-27-19-18-26-14-9-16-30(29)34(26)27)22-23-39-32-17-8-7-15-31(32)35(25-10-3-1-4-11-25)36(39)28-12-5-2-6-13-28/h1-17,20-21,24H,18-19,22-23H2,(H,38,40). The monoisotopic (exact) mass is 519 g/mol. The van der Waals surface area contributed by atoms with E-state index >= 15 is 0 Å². The Morgan fingerprint density at radius 2 is 1.40 bits per heavy atom. The normalized spacial score (nSPS) is 12.5. The molecule has 7 rings (SSSR count). The second-order valence-corrected chi connectivity index (χ2v) is 10.3. The van der Waals surface area contributed by atoms with Gasteiger partial charge in [0.25, 0.3) is 0 Å². The van der Waals surface area contributed by atoms with Crippen LogP contribution in [-0.2, 0) is 24.2 Å². The smallest absolute Gasteiger partial charge is 0.241 e. The fraction of sp³-hybridized carbons (Fsp3) is 0.111.